The Morgan fingerprint density at radius 3 is 2.64 bits per heavy atom. The number of benzene rings is 1. The molecule has 1 aliphatic rings. The molecule has 0 radical (unpaired) electrons. The fraction of sp³-hybridized carbons (Fsp3) is 0.440. The van der Waals surface area contributed by atoms with Crippen molar-refractivity contribution in [2.45, 2.75) is 58.2 Å². The smallest absolute Gasteiger partial charge is 0.341 e. The minimum atomic E-state index is -0.371. The number of fused-ring (bicyclic) bond motifs is 1. The maximum absolute atomic E-state index is 12.8. The van der Waals surface area contributed by atoms with E-state index in [0.717, 1.165) is 52.3 Å². The molecule has 1 amide bonds. The number of amides is 1. The number of nitrogens with zero attached hydrogens (tertiary/aromatic N) is 3. The quantitative estimate of drug-likeness (QED) is 0.278. The van der Waals surface area contributed by atoms with Gasteiger partial charge in [0, 0.05) is 16.9 Å². The molecule has 1 aromatic carbocycles. The maximum Gasteiger partial charge on any atom is 0.341 e. The fourth-order valence-corrected chi connectivity index (χ4v) is 6.23. The zero-order valence-electron chi connectivity index (χ0n) is 20.8. The molecule has 0 aliphatic heterocycles. The molecule has 1 N–H and O–H groups in total. The average molecular weight is 549 g/mol. The molecule has 0 saturated heterocycles. The van der Waals surface area contributed by atoms with Gasteiger partial charge in [-0.3, -0.25) is 4.79 Å². The third-order valence-electron chi connectivity index (χ3n) is 5.94. The fourth-order valence-electron chi connectivity index (χ4n) is 4.10. The summed E-state index contributed by atoms with van der Waals surface area (Å²) in [5.74, 6) is 0.898. The summed E-state index contributed by atoms with van der Waals surface area (Å²) in [5, 5.41) is 13.2. The Bertz CT molecular complexity index is 1260. The summed E-state index contributed by atoms with van der Waals surface area (Å²) >= 11 is 8.99. The summed E-state index contributed by atoms with van der Waals surface area (Å²) < 4.78 is 13.0. The Labute approximate surface area is 223 Å². The highest BCUT2D eigenvalue weighted by atomic mass is 35.5. The number of ether oxygens (including phenoxy) is 2. The molecule has 3 aromatic rings. The topological polar surface area (TPSA) is 95.3 Å². The van der Waals surface area contributed by atoms with Crippen LogP contribution in [-0.2, 0) is 36.0 Å². The predicted molar refractivity (Wildman–Crippen MR) is 143 cm³/mol. The van der Waals surface area contributed by atoms with Crippen molar-refractivity contribution in [2.75, 3.05) is 17.7 Å². The molecule has 0 bridgehead atoms. The monoisotopic (exact) mass is 548 g/mol. The number of carbonyl (C=O) groups is 2. The van der Waals surface area contributed by atoms with Crippen molar-refractivity contribution in [1.29, 1.82) is 0 Å². The first-order valence-electron chi connectivity index (χ1n) is 11.8. The number of halogens is 1. The van der Waals surface area contributed by atoms with Gasteiger partial charge in [0.1, 0.15) is 17.4 Å². The normalized spacial score (nSPS) is 12.8. The van der Waals surface area contributed by atoms with Gasteiger partial charge in [0.25, 0.3) is 0 Å². The van der Waals surface area contributed by atoms with Crippen LogP contribution in [0.1, 0.15) is 57.5 Å². The van der Waals surface area contributed by atoms with Gasteiger partial charge in [0.2, 0.25) is 5.91 Å². The second-order valence-corrected chi connectivity index (χ2v) is 11.0. The van der Waals surface area contributed by atoms with Gasteiger partial charge in [-0.15, -0.1) is 21.5 Å². The van der Waals surface area contributed by atoms with E-state index in [1.807, 2.05) is 37.6 Å². The Morgan fingerprint density at radius 2 is 1.92 bits per heavy atom. The standard InChI is InChI=1S/C25H29ClN4O4S2/c1-5-33-24(32)21-17-8-6-7-9-18(17)36-23(21)27-20(31)13-35-25-29-28-19(30(25)4)12-34-16-10-14(2)22(26)15(3)11-16/h10-11H,5-9,12-13H2,1-4H3,(H,27,31). The van der Waals surface area contributed by atoms with E-state index in [4.69, 9.17) is 21.1 Å². The van der Waals surface area contributed by atoms with E-state index in [9.17, 15) is 9.59 Å². The van der Waals surface area contributed by atoms with Gasteiger partial charge in [0.05, 0.1) is 17.9 Å². The van der Waals surface area contributed by atoms with E-state index in [-0.39, 0.29) is 24.2 Å². The van der Waals surface area contributed by atoms with Gasteiger partial charge in [-0.25, -0.2) is 4.79 Å². The van der Waals surface area contributed by atoms with E-state index in [0.29, 0.717) is 33.9 Å². The molecular formula is C25H29ClN4O4S2. The molecule has 8 nitrogen and oxygen atoms in total. The van der Waals surface area contributed by atoms with E-state index in [1.54, 1.807) is 6.92 Å². The number of hydrogen-bond acceptors (Lipinski definition) is 8. The average Bonchev–Trinajstić information content (AvgIpc) is 3.39. The lowest BCUT2D eigenvalue weighted by molar-refractivity contribution is -0.113. The number of hydrogen-bond donors (Lipinski definition) is 1. The maximum atomic E-state index is 12.8. The van der Waals surface area contributed by atoms with E-state index in [2.05, 4.69) is 15.5 Å². The highest BCUT2D eigenvalue weighted by molar-refractivity contribution is 7.99. The molecule has 36 heavy (non-hydrogen) atoms. The zero-order valence-corrected chi connectivity index (χ0v) is 23.2. The number of anilines is 1. The Morgan fingerprint density at radius 1 is 1.19 bits per heavy atom. The van der Waals surface area contributed by atoms with Gasteiger partial charge >= 0.3 is 5.97 Å². The largest absolute Gasteiger partial charge is 0.486 e. The molecule has 4 rings (SSSR count). The van der Waals surface area contributed by atoms with Gasteiger partial charge in [-0.1, -0.05) is 23.4 Å². The molecule has 0 spiro atoms. The van der Waals surface area contributed by atoms with Crippen LogP contribution in [0.15, 0.2) is 17.3 Å². The number of esters is 1. The first kappa shape index (κ1) is 26.5. The predicted octanol–water partition coefficient (Wildman–Crippen LogP) is 5.51. The van der Waals surface area contributed by atoms with Crippen molar-refractivity contribution >= 4 is 51.6 Å². The molecule has 0 saturated carbocycles. The summed E-state index contributed by atoms with van der Waals surface area (Å²) in [5.41, 5.74) is 3.44. The molecule has 0 fully saturated rings. The molecule has 11 heteroatoms. The molecule has 2 aromatic heterocycles. The van der Waals surface area contributed by atoms with Crippen LogP contribution in [0.4, 0.5) is 5.00 Å². The van der Waals surface area contributed by atoms with Crippen LogP contribution in [0.5, 0.6) is 5.75 Å². The van der Waals surface area contributed by atoms with Crippen molar-refractivity contribution in [1.82, 2.24) is 14.8 Å². The van der Waals surface area contributed by atoms with Crippen molar-refractivity contribution in [3.8, 4) is 5.75 Å². The van der Waals surface area contributed by atoms with Crippen molar-refractivity contribution in [3.63, 3.8) is 0 Å². The number of aromatic nitrogens is 3. The molecule has 1 aliphatic carbocycles. The van der Waals surface area contributed by atoms with Crippen molar-refractivity contribution in [3.05, 3.63) is 50.1 Å². The van der Waals surface area contributed by atoms with Gasteiger partial charge in [0.15, 0.2) is 11.0 Å². The lowest BCUT2D eigenvalue weighted by atomic mass is 9.95. The first-order chi connectivity index (χ1) is 17.3. The summed E-state index contributed by atoms with van der Waals surface area (Å²) in [4.78, 5) is 26.6. The number of carbonyl (C=O) groups excluding carboxylic acids is 2. The van der Waals surface area contributed by atoms with Crippen LogP contribution in [0.2, 0.25) is 5.02 Å². The summed E-state index contributed by atoms with van der Waals surface area (Å²) in [6, 6.07) is 3.78. The van der Waals surface area contributed by atoms with Gasteiger partial charge < -0.3 is 19.4 Å². The van der Waals surface area contributed by atoms with Crippen LogP contribution >= 0.6 is 34.7 Å². The SMILES string of the molecule is CCOC(=O)c1c(NC(=O)CSc2nnc(COc3cc(C)c(Cl)c(C)c3)n2C)sc2c1CCCC2. The highest BCUT2D eigenvalue weighted by Gasteiger charge is 2.27. The lowest BCUT2D eigenvalue weighted by Gasteiger charge is -2.12. The third-order valence-corrected chi connectivity index (χ3v) is 8.76. The lowest BCUT2D eigenvalue weighted by Crippen LogP contribution is -2.17. The zero-order chi connectivity index (χ0) is 25.8. The van der Waals surface area contributed by atoms with Crippen LogP contribution < -0.4 is 10.1 Å². The van der Waals surface area contributed by atoms with Crippen LogP contribution in [0.3, 0.4) is 0 Å². The number of aryl methyl sites for hydroxylation is 3. The van der Waals surface area contributed by atoms with Crippen LogP contribution in [-0.4, -0.2) is 39.0 Å². The second-order valence-electron chi connectivity index (χ2n) is 8.59. The third kappa shape index (κ3) is 5.87. The van der Waals surface area contributed by atoms with Crippen LogP contribution in [0.25, 0.3) is 0 Å². The van der Waals surface area contributed by atoms with E-state index >= 15 is 0 Å². The summed E-state index contributed by atoms with van der Waals surface area (Å²) in [6.07, 6.45) is 3.89. The number of thiophene rings is 1. The second kappa shape index (κ2) is 11.7. The Balaban J connectivity index is 1.38. The molecule has 0 unspecified atom stereocenters. The molecule has 0 atom stereocenters. The Kier molecular flexibility index (Phi) is 8.58. The minimum Gasteiger partial charge on any atom is -0.486 e. The Hall–Kier alpha value is -2.56. The number of rotatable bonds is 9. The minimum absolute atomic E-state index is 0.132. The van der Waals surface area contributed by atoms with Crippen molar-refractivity contribution in [2.24, 2.45) is 7.05 Å². The van der Waals surface area contributed by atoms with Crippen molar-refractivity contribution < 1.29 is 19.1 Å². The molecule has 2 heterocycles. The number of thioether (sulfide) groups is 1. The molecular weight excluding hydrogens is 520 g/mol. The summed E-state index contributed by atoms with van der Waals surface area (Å²) in [6.45, 7) is 6.18. The van der Waals surface area contributed by atoms with Gasteiger partial charge in [-0.05, 0) is 75.3 Å². The van der Waals surface area contributed by atoms with Crippen LogP contribution in [0, 0.1) is 13.8 Å². The van der Waals surface area contributed by atoms with E-state index < -0.39 is 0 Å². The molecule has 192 valence electrons. The summed E-state index contributed by atoms with van der Waals surface area (Å²) in [7, 11) is 1.84. The first-order valence-corrected chi connectivity index (χ1v) is 14.0. The highest BCUT2D eigenvalue weighted by Crippen LogP contribution is 2.38. The van der Waals surface area contributed by atoms with E-state index in [1.165, 1.54) is 23.1 Å². The van der Waals surface area contributed by atoms with Gasteiger partial charge in [-0.2, -0.15) is 0 Å². The number of nitrogens with one attached hydrogen (secondary N) is 1.